The molecule has 18 heavy (non-hydrogen) atoms. The van der Waals surface area contributed by atoms with Gasteiger partial charge in [-0.3, -0.25) is 0 Å². The van der Waals surface area contributed by atoms with Crippen LogP contribution in [0, 0.1) is 0 Å². The predicted octanol–water partition coefficient (Wildman–Crippen LogP) is 2.56. The Kier molecular flexibility index (Phi) is 4.35. The second kappa shape index (κ2) is 5.40. The van der Waals surface area contributed by atoms with Gasteiger partial charge in [-0.2, -0.15) is 0 Å². The summed E-state index contributed by atoms with van der Waals surface area (Å²) in [6.07, 6.45) is 0. The topological polar surface area (TPSA) is 51.0 Å². The number of nitrogens with zero attached hydrogens (tertiary/aromatic N) is 1. The van der Waals surface area contributed by atoms with Gasteiger partial charge in [0.05, 0.1) is 7.11 Å². The zero-order chi connectivity index (χ0) is 13.8. The number of ether oxygens (including phenoxy) is 1. The lowest BCUT2D eigenvalue weighted by Crippen LogP contribution is -2.46. The number of hydrogen-bond acceptors (Lipinski definition) is 4. The molecular formula is C14H21NO3. The summed E-state index contributed by atoms with van der Waals surface area (Å²) in [6, 6.07) is 9.46. The monoisotopic (exact) mass is 251 g/mol. The summed E-state index contributed by atoms with van der Waals surface area (Å²) >= 11 is 0. The second-order valence-electron chi connectivity index (χ2n) is 5.13. The van der Waals surface area contributed by atoms with Crippen molar-refractivity contribution in [3.8, 4) is 0 Å². The highest BCUT2D eigenvalue weighted by Crippen LogP contribution is 2.25. The largest absolute Gasteiger partial charge is 0.479 e. The van der Waals surface area contributed by atoms with Gasteiger partial charge < -0.3 is 14.7 Å². The van der Waals surface area contributed by atoms with Crippen LogP contribution in [0.2, 0.25) is 0 Å². The van der Waals surface area contributed by atoms with Gasteiger partial charge >= 0.3 is 0 Å². The third-order valence-electron chi connectivity index (χ3n) is 3.04. The van der Waals surface area contributed by atoms with Crippen LogP contribution in [0.3, 0.4) is 0 Å². The van der Waals surface area contributed by atoms with E-state index < -0.39 is 11.2 Å². The van der Waals surface area contributed by atoms with E-state index >= 15 is 0 Å². The molecule has 0 aliphatic carbocycles. The lowest BCUT2D eigenvalue weighted by molar-refractivity contribution is -0.147. The van der Waals surface area contributed by atoms with Crippen LogP contribution in [-0.4, -0.2) is 29.3 Å². The molecule has 0 atom stereocenters. The summed E-state index contributed by atoms with van der Waals surface area (Å²) in [5.74, 6) is 0.382. The van der Waals surface area contributed by atoms with Gasteiger partial charge in [-0.1, -0.05) is 18.2 Å². The zero-order valence-corrected chi connectivity index (χ0v) is 11.6. The molecule has 0 amide bonds. The molecule has 0 aliphatic heterocycles. The van der Waals surface area contributed by atoms with Crippen molar-refractivity contribution in [3.05, 3.63) is 35.9 Å². The Hall–Kier alpha value is -1.55. The van der Waals surface area contributed by atoms with Crippen molar-refractivity contribution in [1.82, 2.24) is 0 Å². The molecule has 0 saturated carbocycles. The van der Waals surface area contributed by atoms with E-state index in [1.807, 2.05) is 30.3 Å². The Morgan fingerprint density at radius 2 is 1.67 bits per heavy atom. The molecule has 1 aromatic carbocycles. The lowest BCUT2D eigenvalue weighted by Gasteiger charge is -2.34. The SMILES string of the molecule is CO/C(=N\OC(C)(C)C(C)(C)O)c1ccccc1. The highest BCUT2D eigenvalue weighted by atomic mass is 16.7. The minimum Gasteiger partial charge on any atom is -0.479 e. The van der Waals surface area contributed by atoms with Crippen molar-refractivity contribution in [2.24, 2.45) is 5.16 Å². The summed E-state index contributed by atoms with van der Waals surface area (Å²) in [6.45, 7) is 6.90. The van der Waals surface area contributed by atoms with Crippen molar-refractivity contribution in [2.75, 3.05) is 7.11 Å². The molecule has 0 aromatic heterocycles. The average Bonchev–Trinajstić information content (AvgIpc) is 2.29. The van der Waals surface area contributed by atoms with Crippen LogP contribution in [0.4, 0.5) is 0 Å². The fraction of sp³-hybridized carbons (Fsp3) is 0.500. The molecule has 0 bridgehead atoms. The van der Waals surface area contributed by atoms with E-state index in [1.54, 1.807) is 27.7 Å². The van der Waals surface area contributed by atoms with Gasteiger partial charge in [0.1, 0.15) is 5.60 Å². The maximum absolute atomic E-state index is 9.97. The summed E-state index contributed by atoms with van der Waals surface area (Å²) in [4.78, 5) is 5.41. The van der Waals surface area contributed by atoms with Crippen molar-refractivity contribution < 1.29 is 14.7 Å². The Morgan fingerprint density at radius 3 is 2.11 bits per heavy atom. The Balaban J connectivity index is 2.89. The number of aliphatic hydroxyl groups is 1. The van der Waals surface area contributed by atoms with Crippen LogP contribution in [0.15, 0.2) is 35.5 Å². The van der Waals surface area contributed by atoms with Crippen molar-refractivity contribution in [3.63, 3.8) is 0 Å². The number of rotatable bonds is 4. The van der Waals surface area contributed by atoms with E-state index in [2.05, 4.69) is 5.16 Å². The molecule has 100 valence electrons. The maximum Gasteiger partial charge on any atom is 0.257 e. The van der Waals surface area contributed by atoms with Crippen LogP contribution in [0.5, 0.6) is 0 Å². The summed E-state index contributed by atoms with van der Waals surface area (Å²) < 4.78 is 5.19. The van der Waals surface area contributed by atoms with Gasteiger partial charge in [-0.15, -0.1) is 0 Å². The third-order valence-corrected chi connectivity index (χ3v) is 3.04. The van der Waals surface area contributed by atoms with E-state index in [0.29, 0.717) is 5.90 Å². The molecule has 4 nitrogen and oxygen atoms in total. The number of hydrogen-bond donors (Lipinski definition) is 1. The van der Waals surface area contributed by atoms with E-state index in [-0.39, 0.29) is 0 Å². The summed E-state index contributed by atoms with van der Waals surface area (Å²) in [5, 5.41) is 14.0. The van der Waals surface area contributed by atoms with Gasteiger partial charge in [-0.05, 0) is 45.0 Å². The molecule has 0 fully saturated rings. The van der Waals surface area contributed by atoms with E-state index in [9.17, 15) is 5.11 Å². The van der Waals surface area contributed by atoms with Crippen LogP contribution >= 0.6 is 0 Å². The van der Waals surface area contributed by atoms with Crippen molar-refractivity contribution in [1.29, 1.82) is 0 Å². The molecule has 0 radical (unpaired) electrons. The van der Waals surface area contributed by atoms with Crippen molar-refractivity contribution in [2.45, 2.75) is 38.9 Å². The Morgan fingerprint density at radius 1 is 1.11 bits per heavy atom. The third kappa shape index (κ3) is 3.47. The smallest absolute Gasteiger partial charge is 0.257 e. The fourth-order valence-corrected chi connectivity index (χ4v) is 1.06. The zero-order valence-electron chi connectivity index (χ0n) is 11.6. The first kappa shape index (κ1) is 14.5. The summed E-state index contributed by atoms with van der Waals surface area (Å²) in [7, 11) is 1.53. The van der Waals surface area contributed by atoms with Gasteiger partial charge in [0.25, 0.3) is 5.90 Å². The number of benzene rings is 1. The van der Waals surface area contributed by atoms with E-state index in [1.165, 1.54) is 7.11 Å². The molecule has 0 heterocycles. The first-order valence-electron chi connectivity index (χ1n) is 5.86. The van der Waals surface area contributed by atoms with Gasteiger partial charge in [0.2, 0.25) is 0 Å². The normalized spacial score (nSPS) is 13.3. The van der Waals surface area contributed by atoms with Gasteiger partial charge in [0, 0.05) is 5.56 Å². The fourth-order valence-electron chi connectivity index (χ4n) is 1.06. The highest BCUT2D eigenvalue weighted by Gasteiger charge is 2.38. The van der Waals surface area contributed by atoms with Crippen LogP contribution in [0.1, 0.15) is 33.3 Å². The average molecular weight is 251 g/mol. The minimum absolute atomic E-state index is 0.382. The molecule has 4 heteroatoms. The Labute approximate surface area is 108 Å². The molecule has 1 aromatic rings. The molecule has 0 saturated heterocycles. The molecule has 1 N–H and O–H groups in total. The molecule has 0 spiro atoms. The molecule has 1 rings (SSSR count). The first-order chi connectivity index (χ1) is 8.28. The number of oxime groups is 1. The maximum atomic E-state index is 9.97. The minimum atomic E-state index is -1.01. The standard InChI is InChI=1S/C14H21NO3/c1-13(2,16)14(3,4)18-15-12(17-5)11-9-7-6-8-10-11/h6-10,16H,1-5H3/b15-12-. The van der Waals surface area contributed by atoms with E-state index in [4.69, 9.17) is 9.57 Å². The quantitative estimate of drug-likeness (QED) is 0.508. The van der Waals surface area contributed by atoms with Crippen molar-refractivity contribution >= 4 is 5.90 Å². The van der Waals surface area contributed by atoms with Crippen LogP contribution in [0.25, 0.3) is 0 Å². The second-order valence-corrected chi connectivity index (χ2v) is 5.13. The summed E-state index contributed by atoms with van der Waals surface area (Å²) in [5.41, 5.74) is -0.996. The highest BCUT2D eigenvalue weighted by molar-refractivity contribution is 5.93. The van der Waals surface area contributed by atoms with E-state index in [0.717, 1.165) is 5.56 Å². The number of methoxy groups -OCH3 is 1. The molecular weight excluding hydrogens is 230 g/mol. The Bertz CT molecular complexity index is 405. The van der Waals surface area contributed by atoms with Crippen LogP contribution in [-0.2, 0) is 9.57 Å². The molecule has 0 unspecified atom stereocenters. The van der Waals surface area contributed by atoms with Gasteiger partial charge in [-0.25, -0.2) is 0 Å². The molecule has 0 aliphatic rings. The lowest BCUT2D eigenvalue weighted by atomic mass is 9.90. The van der Waals surface area contributed by atoms with Crippen LogP contribution < -0.4 is 0 Å². The first-order valence-corrected chi connectivity index (χ1v) is 5.86. The predicted molar refractivity (Wildman–Crippen MR) is 71.4 cm³/mol. The van der Waals surface area contributed by atoms with Gasteiger partial charge in [0.15, 0.2) is 5.60 Å².